The molecule has 0 N–H and O–H groups in total. The molecule has 0 unspecified atom stereocenters. The summed E-state index contributed by atoms with van der Waals surface area (Å²) in [6.45, 7) is 6.50. The maximum Gasteiger partial charge on any atom is 0.200 e. The second-order valence-corrected chi connectivity index (χ2v) is 12.1. The van der Waals surface area contributed by atoms with Crippen LogP contribution in [0.5, 0.6) is 5.75 Å². The molecule has 3 rings (SSSR count). The standard InChI is InChI=1S/C34H54F2O/c1-3-5-7-8-9-10-11-12-14-26-37-32-25-24-31(33(35)34(32)36)30-22-20-29(21-23-30)28-18-16-27(17-19-28)15-13-6-4-2/h3,24-25,27-30H,1,4-23,26H2,2H3. The topological polar surface area (TPSA) is 9.23 Å². The maximum absolute atomic E-state index is 15.0. The average Bonchev–Trinajstić information content (AvgIpc) is 2.93. The lowest BCUT2D eigenvalue weighted by atomic mass is 9.68. The highest BCUT2D eigenvalue weighted by Gasteiger charge is 2.32. The van der Waals surface area contributed by atoms with E-state index >= 15 is 4.39 Å². The second kappa shape index (κ2) is 17.3. The van der Waals surface area contributed by atoms with Gasteiger partial charge in [0.25, 0.3) is 0 Å². The summed E-state index contributed by atoms with van der Waals surface area (Å²) in [6, 6.07) is 3.46. The highest BCUT2D eigenvalue weighted by atomic mass is 19.2. The molecule has 2 saturated carbocycles. The molecule has 0 amide bonds. The Morgan fingerprint density at radius 1 is 0.757 bits per heavy atom. The number of ether oxygens (including phenoxy) is 1. The van der Waals surface area contributed by atoms with Crippen LogP contribution < -0.4 is 4.74 Å². The molecule has 1 aromatic rings. The lowest BCUT2D eigenvalue weighted by Crippen LogP contribution is -2.25. The molecule has 3 heteroatoms. The van der Waals surface area contributed by atoms with Crippen LogP contribution in [0, 0.1) is 29.4 Å². The molecule has 210 valence electrons. The van der Waals surface area contributed by atoms with Crippen LogP contribution >= 0.6 is 0 Å². The van der Waals surface area contributed by atoms with Gasteiger partial charge in [-0.05, 0) is 93.1 Å². The maximum atomic E-state index is 15.0. The fourth-order valence-electron chi connectivity index (χ4n) is 6.96. The quantitative estimate of drug-likeness (QED) is 0.148. The number of hydrogen-bond acceptors (Lipinski definition) is 1. The molecule has 0 bridgehead atoms. The Morgan fingerprint density at radius 3 is 2.03 bits per heavy atom. The largest absolute Gasteiger partial charge is 0.490 e. The van der Waals surface area contributed by atoms with Gasteiger partial charge in [0.15, 0.2) is 11.6 Å². The van der Waals surface area contributed by atoms with Crippen molar-refractivity contribution < 1.29 is 13.5 Å². The third kappa shape index (κ3) is 10.0. The van der Waals surface area contributed by atoms with E-state index in [0.717, 1.165) is 49.9 Å². The van der Waals surface area contributed by atoms with Crippen molar-refractivity contribution in [1.82, 2.24) is 0 Å². The molecule has 37 heavy (non-hydrogen) atoms. The SMILES string of the molecule is C=CCCCCCCCCCOc1ccc(C2CCC(C3CCC(CCCCC)CC3)CC2)c(F)c1F. The molecule has 0 radical (unpaired) electrons. The van der Waals surface area contributed by atoms with Gasteiger partial charge in [-0.2, -0.15) is 4.39 Å². The molecule has 0 saturated heterocycles. The molecule has 0 aromatic heterocycles. The smallest absolute Gasteiger partial charge is 0.200 e. The van der Waals surface area contributed by atoms with Crippen LogP contribution in [0.4, 0.5) is 8.78 Å². The van der Waals surface area contributed by atoms with Gasteiger partial charge in [0.2, 0.25) is 5.82 Å². The average molecular weight is 517 g/mol. The Morgan fingerprint density at radius 2 is 1.38 bits per heavy atom. The Bertz CT molecular complexity index is 759. The highest BCUT2D eigenvalue weighted by molar-refractivity contribution is 5.33. The number of rotatable bonds is 17. The molecule has 2 aliphatic rings. The van der Waals surface area contributed by atoms with E-state index in [9.17, 15) is 4.39 Å². The number of allylic oxidation sites excluding steroid dienone is 1. The fourth-order valence-corrected chi connectivity index (χ4v) is 6.96. The van der Waals surface area contributed by atoms with E-state index in [0.29, 0.717) is 12.2 Å². The van der Waals surface area contributed by atoms with Gasteiger partial charge < -0.3 is 4.74 Å². The number of benzene rings is 1. The first kappa shape index (κ1) is 30.2. The van der Waals surface area contributed by atoms with Crippen molar-refractivity contribution in [3.8, 4) is 5.75 Å². The van der Waals surface area contributed by atoms with E-state index < -0.39 is 11.6 Å². The molecule has 1 aromatic carbocycles. The molecule has 0 aliphatic heterocycles. The normalized spacial score (nSPS) is 24.2. The van der Waals surface area contributed by atoms with Crippen LogP contribution in [0.15, 0.2) is 24.8 Å². The first-order valence-electron chi connectivity index (χ1n) is 15.9. The number of unbranched alkanes of at least 4 members (excludes halogenated alkanes) is 9. The molecular weight excluding hydrogens is 462 g/mol. The van der Waals surface area contributed by atoms with Crippen molar-refractivity contribution in [2.75, 3.05) is 6.61 Å². The molecule has 0 heterocycles. The van der Waals surface area contributed by atoms with Gasteiger partial charge in [-0.15, -0.1) is 6.58 Å². The summed E-state index contributed by atoms with van der Waals surface area (Å²) < 4.78 is 35.4. The Balaban J connectivity index is 1.34. The van der Waals surface area contributed by atoms with Crippen LogP contribution in [0.25, 0.3) is 0 Å². The molecule has 2 aliphatic carbocycles. The molecule has 1 nitrogen and oxygen atoms in total. The lowest BCUT2D eigenvalue weighted by molar-refractivity contribution is 0.155. The van der Waals surface area contributed by atoms with Crippen LogP contribution in [0.2, 0.25) is 0 Å². The van der Waals surface area contributed by atoms with E-state index in [-0.39, 0.29) is 11.7 Å². The van der Waals surface area contributed by atoms with Gasteiger partial charge in [0.05, 0.1) is 6.61 Å². The predicted octanol–water partition coefficient (Wildman–Crippen LogP) is 11.3. The zero-order valence-corrected chi connectivity index (χ0v) is 23.8. The summed E-state index contributed by atoms with van der Waals surface area (Å²) in [5, 5.41) is 0. The number of halogens is 2. The van der Waals surface area contributed by atoms with E-state index in [1.54, 1.807) is 12.1 Å². The van der Waals surface area contributed by atoms with Gasteiger partial charge in [-0.1, -0.05) is 89.7 Å². The zero-order chi connectivity index (χ0) is 26.3. The highest BCUT2D eigenvalue weighted by Crippen LogP contribution is 2.45. The van der Waals surface area contributed by atoms with Crippen molar-refractivity contribution in [2.45, 2.75) is 141 Å². The van der Waals surface area contributed by atoms with Gasteiger partial charge in [-0.3, -0.25) is 0 Å². The van der Waals surface area contributed by atoms with Crippen molar-refractivity contribution in [3.63, 3.8) is 0 Å². The minimum Gasteiger partial charge on any atom is -0.490 e. The van der Waals surface area contributed by atoms with Crippen LogP contribution in [0.1, 0.15) is 147 Å². The summed E-state index contributed by atoms with van der Waals surface area (Å²) in [5.74, 6) is 1.37. The summed E-state index contributed by atoms with van der Waals surface area (Å²) in [7, 11) is 0. The van der Waals surface area contributed by atoms with E-state index in [1.807, 2.05) is 6.08 Å². The summed E-state index contributed by atoms with van der Waals surface area (Å²) in [6.07, 6.45) is 26.7. The van der Waals surface area contributed by atoms with Gasteiger partial charge in [0.1, 0.15) is 0 Å². The van der Waals surface area contributed by atoms with Crippen LogP contribution in [-0.4, -0.2) is 6.61 Å². The van der Waals surface area contributed by atoms with Gasteiger partial charge in [-0.25, -0.2) is 4.39 Å². The third-order valence-corrected chi connectivity index (χ3v) is 9.37. The zero-order valence-electron chi connectivity index (χ0n) is 23.8. The van der Waals surface area contributed by atoms with Crippen molar-refractivity contribution >= 4 is 0 Å². The van der Waals surface area contributed by atoms with Crippen LogP contribution in [-0.2, 0) is 0 Å². The molecule has 0 spiro atoms. The third-order valence-electron chi connectivity index (χ3n) is 9.37. The second-order valence-electron chi connectivity index (χ2n) is 12.1. The number of hydrogen-bond donors (Lipinski definition) is 0. The first-order valence-corrected chi connectivity index (χ1v) is 15.9. The monoisotopic (exact) mass is 516 g/mol. The van der Waals surface area contributed by atoms with Gasteiger partial charge in [0, 0.05) is 0 Å². The molecule has 0 atom stereocenters. The Hall–Kier alpha value is -1.38. The van der Waals surface area contributed by atoms with Gasteiger partial charge >= 0.3 is 0 Å². The summed E-state index contributed by atoms with van der Waals surface area (Å²) >= 11 is 0. The summed E-state index contributed by atoms with van der Waals surface area (Å²) in [4.78, 5) is 0. The molecule has 2 fully saturated rings. The Labute approximate surface area is 226 Å². The molecular formula is C34H54F2O. The minimum absolute atomic E-state index is 0.0788. The van der Waals surface area contributed by atoms with E-state index in [1.165, 1.54) is 96.3 Å². The van der Waals surface area contributed by atoms with E-state index in [4.69, 9.17) is 4.74 Å². The van der Waals surface area contributed by atoms with Crippen molar-refractivity contribution in [1.29, 1.82) is 0 Å². The van der Waals surface area contributed by atoms with Crippen molar-refractivity contribution in [2.24, 2.45) is 17.8 Å². The van der Waals surface area contributed by atoms with Crippen molar-refractivity contribution in [3.05, 3.63) is 42.0 Å². The van der Waals surface area contributed by atoms with Crippen LogP contribution in [0.3, 0.4) is 0 Å². The van der Waals surface area contributed by atoms with E-state index in [2.05, 4.69) is 13.5 Å². The minimum atomic E-state index is -0.789. The fraction of sp³-hybridized carbons (Fsp3) is 0.765. The first-order chi connectivity index (χ1) is 18.1. The summed E-state index contributed by atoms with van der Waals surface area (Å²) in [5.41, 5.74) is 0.569. The predicted molar refractivity (Wildman–Crippen MR) is 153 cm³/mol. The lowest BCUT2D eigenvalue weighted by Gasteiger charge is -2.38. The Kier molecular flexibility index (Phi) is 14.1.